The fourth-order valence-electron chi connectivity index (χ4n) is 5.01. The summed E-state index contributed by atoms with van der Waals surface area (Å²) in [5.74, 6) is -3.30. The zero-order valence-electron chi connectivity index (χ0n) is 25.1. The van der Waals surface area contributed by atoms with Crippen molar-refractivity contribution in [3.05, 3.63) is 72.3 Å². The van der Waals surface area contributed by atoms with Crippen molar-refractivity contribution in [1.29, 1.82) is 0 Å². The van der Waals surface area contributed by atoms with Crippen LogP contribution in [0.3, 0.4) is 0 Å². The molecule has 2 aromatic heterocycles. The number of nitrogens with one attached hydrogen (secondary N) is 3. The van der Waals surface area contributed by atoms with E-state index < -0.39 is 55.2 Å². The molecular weight excluding hydrogens is 643 g/mol. The predicted molar refractivity (Wildman–Crippen MR) is 161 cm³/mol. The van der Waals surface area contributed by atoms with E-state index in [1.54, 1.807) is 29.6 Å². The van der Waals surface area contributed by atoms with Crippen LogP contribution >= 0.6 is 0 Å². The number of benzene rings is 2. The van der Waals surface area contributed by atoms with Crippen molar-refractivity contribution in [3.63, 3.8) is 0 Å². The van der Waals surface area contributed by atoms with Crippen LogP contribution < -0.4 is 16.0 Å². The molecular formula is C30H30F3N7O8. The SMILES string of the molecule is COC(=O)C(Cc1ccc(NC(=O)Cc2ccc(Nc3ncnc4c3ncn4C3O[C@H](CO)[C@@H](O)[C@H]3O)cc2)cc1)NC(=O)C(F)(F)F. The number of aliphatic hydroxyl groups excluding tert-OH is 3. The van der Waals surface area contributed by atoms with Crippen molar-refractivity contribution < 1.29 is 52.3 Å². The number of methoxy groups -OCH3 is 1. The minimum Gasteiger partial charge on any atom is -0.467 e. The van der Waals surface area contributed by atoms with E-state index in [1.807, 2.05) is 0 Å². The van der Waals surface area contributed by atoms with Gasteiger partial charge in [0, 0.05) is 17.8 Å². The second kappa shape index (κ2) is 14.3. The first-order valence-corrected chi connectivity index (χ1v) is 14.4. The normalized spacial score (nSPS) is 19.9. The van der Waals surface area contributed by atoms with Crippen molar-refractivity contribution in [2.75, 3.05) is 24.4 Å². The Bertz CT molecular complexity index is 1770. The molecule has 3 heterocycles. The quantitative estimate of drug-likeness (QED) is 0.124. The summed E-state index contributed by atoms with van der Waals surface area (Å²) in [6.07, 6.45) is -7.32. The lowest BCUT2D eigenvalue weighted by molar-refractivity contribution is -0.175. The fraction of sp³-hybridized carbons (Fsp3) is 0.333. The smallest absolute Gasteiger partial charge is 0.467 e. The Morgan fingerprint density at radius 3 is 2.27 bits per heavy atom. The Hall–Kier alpha value is -5.17. The van der Waals surface area contributed by atoms with Gasteiger partial charge in [-0.05, 0) is 35.4 Å². The number of aliphatic hydroxyl groups is 3. The number of rotatable bonds is 11. The number of imidazole rings is 1. The summed E-state index contributed by atoms with van der Waals surface area (Å²) < 4.78 is 49.5. The van der Waals surface area contributed by atoms with Gasteiger partial charge in [0.05, 0.1) is 26.5 Å². The lowest BCUT2D eigenvalue weighted by atomic mass is 10.1. The number of carbonyl (C=O) groups is 3. The topological polar surface area (TPSA) is 210 Å². The number of ether oxygens (including phenoxy) is 2. The van der Waals surface area contributed by atoms with Crippen LogP contribution in [0.15, 0.2) is 61.2 Å². The molecule has 48 heavy (non-hydrogen) atoms. The van der Waals surface area contributed by atoms with Crippen LogP contribution in [-0.4, -0.2) is 96.9 Å². The van der Waals surface area contributed by atoms with Crippen molar-refractivity contribution in [2.24, 2.45) is 0 Å². The first-order chi connectivity index (χ1) is 22.9. The summed E-state index contributed by atoms with van der Waals surface area (Å²) in [7, 11) is 0.993. The summed E-state index contributed by atoms with van der Waals surface area (Å²) in [4.78, 5) is 48.7. The van der Waals surface area contributed by atoms with Gasteiger partial charge in [-0.1, -0.05) is 24.3 Å². The van der Waals surface area contributed by atoms with Crippen LogP contribution in [0, 0.1) is 0 Å². The van der Waals surface area contributed by atoms with E-state index in [1.165, 1.54) is 41.5 Å². The van der Waals surface area contributed by atoms with E-state index >= 15 is 0 Å². The second-order valence-corrected chi connectivity index (χ2v) is 10.8. The molecule has 0 bridgehead atoms. The number of aromatic nitrogens is 4. The molecule has 4 aromatic rings. The van der Waals surface area contributed by atoms with Crippen molar-refractivity contribution >= 4 is 46.1 Å². The molecule has 0 radical (unpaired) electrons. The highest BCUT2D eigenvalue weighted by Gasteiger charge is 2.44. The van der Waals surface area contributed by atoms with E-state index in [4.69, 9.17) is 4.74 Å². The molecule has 1 fully saturated rings. The molecule has 1 aliphatic heterocycles. The summed E-state index contributed by atoms with van der Waals surface area (Å²) in [6, 6.07) is 11.4. The first-order valence-electron chi connectivity index (χ1n) is 14.4. The number of anilines is 3. The Kier molecular flexibility index (Phi) is 10.2. The van der Waals surface area contributed by atoms with Gasteiger partial charge >= 0.3 is 18.1 Å². The molecule has 254 valence electrons. The lowest BCUT2D eigenvalue weighted by Gasteiger charge is -2.17. The van der Waals surface area contributed by atoms with E-state index in [0.29, 0.717) is 39.5 Å². The molecule has 0 spiro atoms. The van der Waals surface area contributed by atoms with Crippen LogP contribution in [-0.2, 0) is 36.7 Å². The van der Waals surface area contributed by atoms with Crippen LogP contribution in [0.2, 0.25) is 0 Å². The fourth-order valence-corrected chi connectivity index (χ4v) is 5.01. The third kappa shape index (κ3) is 7.68. The third-order valence-corrected chi connectivity index (χ3v) is 7.46. The van der Waals surface area contributed by atoms with Crippen LogP contribution in [0.1, 0.15) is 17.4 Å². The van der Waals surface area contributed by atoms with Crippen LogP contribution in [0.5, 0.6) is 0 Å². The molecule has 5 rings (SSSR count). The van der Waals surface area contributed by atoms with E-state index in [0.717, 1.165) is 7.11 Å². The summed E-state index contributed by atoms with van der Waals surface area (Å²) in [6.45, 7) is -0.476. The van der Waals surface area contributed by atoms with Crippen LogP contribution in [0.25, 0.3) is 11.2 Å². The molecule has 5 atom stereocenters. The maximum Gasteiger partial charge on any atom is 0.471 e. The number of hydrogen-bond acceptors (Lipinski definition) is 12. The molecule has 1 saturated heterocycles. The molecule has 1 aliphatic rings. The number of hydrogen-bond donors (Lipinski definition) is 6. The molecule has 2 aromatic carbocycles. The first kappa shape index (κ1) is 34.2. The van der Waals surface area contributed by atoms with Gasteiger partial charge in [0.15, 0.2) is 23.2 Å². The zero-order valence-corrected chi connectivity index (χ0v) is 25.1. The summed E-state index contributed by atoms with van der Waals surface area (Å²) in [5.41, 5.74) is 2.79. The number of halogens is 3. The Morgan fingerprint density at radius 2 is 1.65 bits per heavy atom. The number of nitrogens with zero attached hydrogens (tertiary/aromatic N) is 4. The third-order valence-electron chi connectivity index (χ3n) is 7.46. The van der Waals surface area contributed by atoms with Gasteiger partial charge < -0.3 is 40.7 Å². The molecule has 15 nitrogen and oxygen atoms in total. The number of esters is 1. The number of alkyl halides is 3. The zero-order chi connectivity index (χ0) is 34.6. The minimum absolute atomic E-state index is 0.0163. The van der Waals surface area contributed by atoms with Gasteiger partial charge in [-0.2, -0.15) is 13.2 Å². The van der Waals surface area contributed by atoms with Crippen molar-refractivity contribution in [3.8, 4) is 0 Å². The molecule has 2 unspecified atom stereocenters. The minimum atomic E-state index is -5.17. The van der Waals surface area contributed by atoms with E-state index in [9.17, 15) is 42.9 Å². The number of carbonyl (C=O) groups excluding carboxylic acids is 3. The number of amides is 2. The van der Waals surface area contributed by atoms with Gasteiger partial charge in [0.1, 0.15) is 30.7 Å². The van der Waals surface area contributed by atoms with Crippen molar-refractivity contribution in [2.45, 2.75) is 49.6 Å². The maximum atomic E-state index is 12.7. The molecule has 6 N–H and O–H groups in total. The molecule has 0 saturated carbocycles. The Balaban J connectivity index is 1.17. The molecule has 2 amide bonds. The molecule has 18 heteroatoms. The van der Waals surface area contributed by atoms with E-state index in [-0.39, 0.29) is 18.7 Å². The highest BCUT2D eigenvalue weighted by atomic mass is 19.4. The van der Waals surface area contributed by atoms with Gasteiger partial charge in [-0.3, -0.25) is 14.2 Å². The lowest BCUT2D eigenvalue weighted by Crippen LogP contribution is -2.48. The van der Waals surface area contributed by atoms with E-state index in [2.05, 4.69) is 30.3 Å². The van der Waals surface area contributed by atoms with Gasteiger partial charge in [-0.25, -0.2) is 19.7 Å². The second-order valence-electron chi connectivity index (χ2n) is 10.8. The predicted octanol–water partition coefficient (Wildman–Crippen LogP) is 1.13. The highest BCUT2D eigenvalue weighted by Crippen LogP contribution is 2.32. The van der Waals surface area contributed by atoms with Crippen LogP contribution in [0.4, 0.5) is 30.4 Å². The largest absolute Gasteiger partial charge is 0.471 e. The van der Waals surface area contributed by atoms with Crippen molar-refractivity contribution in [1.82, 2.24) is 24.8 Å². The summed E-state index contributed by atoms with van der Waals surface area (Å²) in [5, 5.41) is 37.4. The Morgan fingerprint density at radius 1 is 0.979 bits per heavy atom. The summed E-state index contributed by atoms with van der Waals surface area (Å²) >= 11 is 0. The van der Waals surface area contributed by atoms with Gasteiger partial charge in [-0.15, -0.1) is 0 Å². The maximum absolute atomic E-state index is 12.7. The monoisotopic (exact) mass is 673 g/mol. The highest BCUT2D eigenvalue weighted by molar-refractivity contribution is 5.92. The van der Waals surface area contributed by atoms with Gasteiger partial charge in [0.2, 0.25) is 5.91 Å². The number of fused-ring (bicyclic) bond motifs is 1. The van der Waals surface area contributed by atoms with Gasteiger partial charge in [0.25, 0.3) is 0 Å². The Labute approximate surface area is 269 Å². The molecule has 0 aliphatic carbocycles. The average molecular weight is 674 g/mol. The standard InChI is InChI=1S/C30H30F3N7O8/c1-47-28(45)19(39-29(46)30(31,32)33)10-15-2-6-17(7-3-15)37-21(42)11-16-4-8-18(9-5-16)38-25-22-26(35-13-34-25)40(14-36-22)27-24(44)23(43)20(12-41)48-27/h2-9,13-14,19-20,23-24,27,41,43-44H,10-12H2,1H3,(H,37,42)(H,39,46)(H,34,35,38)/t19?,20-,23-,24-,27?/m1/s1. The average Bonchev–Trinajstić information content (AvgIpc) is 3.62.